The second-order valence-electron chi connectivity index (χ2n) is 6.50. The van der Waals surface area contributed by atoms with E-state index in [9.17, 15) is 14.4 Å². The highest BCUT2D eigenvalue weighted by molar-refractivity contribution is 5.86. The quantitative estimate of drug-likeness (QED) is 0.778. The minimum Gasteiger partial charge on any atom is -0.480 e. The van der Waals surface area contributed by atoms with Crippen LogP contribution in [0.3, 0.4) is 0 Å². The van der Waals surface area contributed by atoms with E-state index in [4.69, 9.17) is 5.11 Å². The summed E-state index contributed by atoms with van der Waals surface area (Å²) in [4.78, 5) is 37.5. The highest BCUT2D eigenvalue weighted by atomic mass is 16.4. The van der Waals surface area contributed by atoms with Crippen LogP contribution in [0.5, 0.6) is 0 Å². The van der Waals surface area contributed by atoms with Crippen LogP contribution in [0.15, 0.2) is 0 Å². The maximum Gasteiger partial charge on any atom is 0.326 e. The Kier molecular flexibility index (Phi) is 6.84. The van der Waals surface area contributed by atoms with E-state index in [0.29, 0.717) is 19.5 Å². The van der Waals surface area contributed by atoms with Crippen LogP contribution in [0.1, 0.15) is 47.0 Å². The van der Waals surface area contributed by atoms with Crippen molar-refractivity contribution in [2.75, 3.05) is 13.1 Å². The average Bonchev–Trinajstić information content (AvgIpc) is 2.50. The van der Waals surface area contributed by atoms with Crippen molar-refractivity contribution >= 4 is 17.8 Å². The molecule has 1 fully saturated rings. The summed E-state index contributed by atoms with van der Waals surface area (Å²) in [6.07, 6.45) is 2.25. The molecule has 1 saturated heterocycles. The maximum absolute atomic E-state index is 12.3. The van der Waals surface area contributed by atoms with E-state index in [1.54, 1.807) is 18.7 Å². The van der Waals surface area contributed by atoms with E-state index in [1.807, 2.05) is 13.8 Å². The van der Waals surface area contributed by atoms with Gasteiger partial charge < -0.3 is 15.3 Å². The molecule has 126 valence electrons. The van der Waals surface area contributed by atoms with Gasteiger partial charge in [-0.2, -0.15) is 0 Å². The van der Waals surface area contributed by atoms with Gasteiger partial charge in [0.1, 0.15) is 6.04 Å². The van der Waals surface area contributed by atoms with Gasteiger partial charge in [-0.05, 0) is 25.2 Å². The van der Waals surface area contributed by atoms with Crippen molar-refractivity contribution in [3.8, 4) is 0 Å². The zero-order valence-electron chi connectivity index (χ0n) is 14.0. The van der Waals surface area contributed by atoms with Gasteiger partial charge in [0.15, 0.2) is 0 Å². The molecule has 0 aliphatic carbocycles. The molecular formula is C16H28N2O4. The molecule has 2 amide bonds. The number of carbonyl (C=O) groups excluding carboxylic acids is 2. The Hall–Kier alpha value is -1.59. The summed E-state index contributed by atoms with van der Waals surface area (Å²) in [5.74, 6) is -1.73. The van der Waals surface area contributed by atoms with Gasteiger partial charge in [0.2, 0.25) is 11.8 Å². The molecule has 0 radical (unpaired) electrons. The fourth-order valence-corrected chi connectivity index (χ4v) is 2.66. The predicted molar refractivity (Wildman–Crippen MR) is 83.2 cm³/mol. The molecular weight excluding hydrogens is 284 g/mol. The molecule has 3 atom stereocenters. The standard InChI is InChI=1S/C16H28N2O4/c1-5-11(4)15(20)18-8-6-7-12(9-18)14(19)17-13(10(2)3)16(21)22/h10-13H,5-9H2,1-4H3,(H,17,19)(H,21,22)/t11?,12?,13-/m0/s1. The van der Waals surface area contributed by atoms with Crippen LogP contribution >= 0.6 is 0 Å². The van der Waals surface area contributed by atoms with Gasteiger partial charge in [-0.3, -0.25) is 9.59 Å². The summed E-state index contributed by atoms with van der Waals surface area (Å²) < 4.78 is 0. The number of hydrogen-bond donors (Lipinski definition) is 2. The number of likely N-dealkylation sites (tertiary alicyclic amines) is 1. The first-order valence-corrected chi connectivity index (χ1v) is 8.09. The number of rotatable bonds is 6. The second-order valence-corrected chi connectivity index (χ2v) is 6.50. The molecule has 1 heterocycles. The summed E-state index contributed by atoms with van der Waals surface area (Å²) in [6.45, 7) is 8.46. The van der Waals surface area contributed by atoms with Crippen molar-refractivity contribution in [1.82, 2.24) is 10.2 Å². The van der Waals surface area contributed by atoms with Gasteiger partial charge in [0, 0.05) is 19.0 Å². The zero-order valence-corrected chi connectivity index (χ0v) is 14.0. The number of aliphatic carboxylic acids is 1. The SMILES string of the molecule is CCC(C)C(=O)N1CCCC(C(=O)N[C@H](C(=O)O)C(C)C)C1. The molecule has 1 aliphatic heterocycles. The molecule has 1 rings (SSSR count). The van der Waals surface area contributed by atoms with Gasteiger partial charge in [-0.1, -0.05) is 27.7 Å². The molecule has 0 aromatic rings. The van der Waals surface area contributed by atoms with Gasteiger partial charge in [0.05, 0.1) is 5.92 Å². The minimum absolute atomic E-state index is 0.0377. The lowest BCUT2D eigenvalue weighted by Gasteiger charge is -2.34. The van der Waals surface area contributed by atoms with Gasteiger partial charge in [-0.15, -0.1) is 0 Å². The molecule has 0 aromatic carbocycles. The minimum atomic E-state index is -1.02. The van der Waals surface area contributed by atoms with E-state index in [2.05, 4.69) is 5.32 Å². The monoisotopic (exact) mass is 312 g/mol. The number of piperidine rings is 1. The summed E-state index contributed by atoms with van der Waals surface area (Å²) in [5.41, 5.74) is 0. The highest BCUT2D eigenvalue weighted by Crippen LogP contribution is 2.20. The van der Waals surface area contributed by atoms with Crippen LogP contribution in [0, 0.1) is 17.8 Å². The molecule has 1 aliphatic rings. The number of hydrogen-bond acceptors (Lipinski definition) is 3. The van der Waals surface area contributed by atoms with Gasteiger partial charge >= 0.3 is 5.97 Å². The van der Waals surface area contributed by atoms with Crippen molar-refractivity contribution in [2.24, 2.45) is 17.8 Å². The third kappa shape index (κ3) is 4.71. The van der Waals surface area contributed by atoms with Crippen molar-refractivity contribution in [2.45, 2.75) is 53.0 Å². The molecule has 6 heteroatoms. The molecule has 0 saturated carbocycles. The van der Waals surface area contributed by atoms with Crippen LogP contribution < -0.4 is 5.32 Å². The van der Waals surface area contributed by atoms with Crippen LogP contribution in [-0.2, 0) is 14.4 Å². The number of carboxylic acids is 1. The molecule has 0 bridgehead atoms. The topological polar surface area (TPSA) is 86.7 Å². The van der Waals surface area contributed by atoms with E-state index in [0.717, 1.165) is 12.8 Å². The fraction of sp³-hybridized carbons (Fsp3) is 0.812. The average molecular weight is 312 g/mol. The van der Waals surface area contributed by atoms with E-state index in [1.165, 1.54) is 0 Å². The third-order valence-electron chi connectivity index (χ3n) is 4.37. The molecule has 0 spiro atoms. The van der Waals surface area contributed by atoms with Crippen LogP contribution in [-0.4, -0.2) is 46.9 Å². The van der Waals surface area contributed by atoms with Crippen LogP contribution in [0.4, 0.5) is 0 Å². The second kappa shape index (κ2) is 8.15. The number of amides is 2. The maximum atomic E-state index is 12.3. The molecule has 2 N–H and O–H groups in total. The highest BCUT2D eigenvalue weighted by Gasteiger charge is 2.32. The number of nitrogens with zero attached hydrogens (tertiary/aromatic N) is 1. The normalized spacial score (nSPS) is 21.3. The number of nitrogens with one attached hydrogen (secondary N) is 1. The van der Waals surface area contributed by atoms with Crippen LogP contribution in [0.2, 0.25) is 0 Å². The van der Waals surface area contributed by atoms with E-state index < -0.39 is 12.0 Å². The van der Waals surface area contributed by atoms with Crippen LogP contribution in [0.25, 0.3) is 0 Å². The first-order valence-electron chi connectivity index (χ1n) is 8.09. The first kappa shape index (κ1) is 18.5. The third-order valence-corrected chi connectivity index (χ3v) is 4.37. The zero-order chi connectivity index (χ0) is 16.9. The number of carboxylic acid groups (broad SMARTS) is 1. The van der Waals surface area contributed by atoms with Crippen molar-refractivity contribution in [3.63, 3.8) is 0 Å². The van der Waals surface area contributed by atoms with Crippen molar-refractivity contribution in [1.29, 1.82) is 0 Å². The van der Waals surface area contributed by atoms with Crippen molar-refractivity contribution < 1.29 is 19.5 Å². The Morgan fingerprint density at radius 1 is 1.27 bits per heavy atom. The Balaban J connectivity index is 2.66. The Bertz CT molecular complexity index is 422. The fourth-order valence-electron chi connectivity index (χ4n) is 2.66. The smallest absolute Gasteiger partial charge is 0.326 e. The molecule has 2 unspecified atom stereocenters. The summed E-state index contributed by atoms with van der Waals surface area (Å²) in [7, 11) is 0. The Labute approximate surface area is 132 Å². The summed E-state index contributed by atoms with van der Waals surface area (Å²) in [6, 6.07) is -0.881. The molecule has 22 heavy (non-hydrogen) atoms. The lowest BCUT2D eigenvalue weighted by Crippen LogP contribution is -2.51. The lowest BCUT2D eigenvalue weighted by molar-refractivity contribution is -0.145. The molecule has 0 aromatic heterocycles. The molecule has 6 nitrogen and oxygen atoms in total. The largest absolute Gasteiger partial charge is 0.480 e. The first-order chi connectivity index (χ1) is 10.3. The Morgan fingerprint density at radius 2 is 1.91 bits per heavy atom. The Morgan fingerprint density at radius 3 is 2.41 bits per heavy atom. The van der Waals surface area contributed by atoms with E-state index >= 15 is 0 Å². The number of carbonyl (C=O) groups is 3. The summed E-state index contributed by atoms with van der Waals surface area (Å²) >= 11 is 0. The van der Waals surface area contributed by atoms with Gasteiger partial charge in [0.25, 0.3) is 0 Å². The van der Waals surface area contributed by atoms with E-state index in [-0.39, 0.29) is 29.6 Å². The van der Waals surface area contributed by atoms with Crippen molar-refractivity contribution in [3.05, 3.63) is 0 Å². The lowest BCUT2D eigenvalue weighted by atomic mass is 9.94. The predicted octanol–water partition coefficient (Wildman–Crippen LogP) is 1.50. The summed E-state index contributed by atoms with van der Waals surface area (Å²) in [5, 5.41) is 11.8. The van der Waals surface area contributed by atoms with Gasteiger partial charge in [-0.25, -0.2) is 4.79 Å².